The summed E-state index contributed by atoms with van der Waals surface area (Å²) in [7, 11) is 0. The van der Waals surface area contributed by atoms with Crippen LogP contribution in [0, 0.1) is 0 Å². The second kappa shape index (κ2) is 7.01. The monoisotopic (exact) mass is 376 g/mol. The van der Waals surface area contributed by atoms with Crippen molar-refractivity contribution in [2.75, 3.05) is 24.5 Å². The number of nitrogens with zero attached hydrogens (tertiary/aromatic N) is 8. The van der Waals surface area contributed by atoms with E-state index in [9.17, 15) is 0 Å². The molecule has 4 aromatic rings. The topological polar surface area (TPSA) is 88.5 Å². The highest BCUT2D eigenvalue weighted by Crippen LogP contribution is 2.23. The molecule has 3 aromatic heterocycles. The molecule has 0 unspecified atom stereocenters. The van der Waals surface area contributed by atoms with Crippen LogP contribution in [0.2, 0.25) is 0 Å². The van der Waals surface area contributed by atoms with E-state index in [2.05, 4.69) is 42.1 Å². The molecule has 0 bridgehead atoms. The van der Waals surface area contributed by atoms with Crippen molar-refractivity contribution >= 4 is 11.5 Å². The van der Waals surface area contributed by atoms with E-state index in [1.165, 1.54) is 0 Å². The lowest BCUT2D eigenvalue weighted by Gasteiger charge is -2.39. The van der Waals surface area contributed by atoms with Crippen LogP contribution in [0.25, 0.3) is 17.1 Å². The highest BCUT2D eigenvalue weighted by molar-refractivity contribution is 5.64. The van der Waals surface area contributed by atoms with Gasteiger partial charge in [-0.2, -0.15) is 0 Å². The van der Waals surface area contributed by atoms with Crippen molar-refractivity contribution < 1.29 is 4.42 Å². The van der Waals surface area contributed by atoms with Crippen molar-refractivity contribution in [2.24, 2.45) is 0 Å². The number of hydrogen-bond donors (Lipinski definition) is 0. The van der Waals surface area contributed by atoms with Gasteiger partial charge in [-0.05, 0) is 19.1 Å². The molecule has 1 aromatic carbocycles. The number of piperazine rings is 1. The Labute approximate surface area is 161 Å². The first kappa shape index (κ1) is 16.8. The molecular weight excluding hydrogens is 356 g/mol. The average molecular weight is 376 g/mol. The molecule has 9 nitrogen and oxygen atoms in total. The number of anilines is 1. The summed E-state index contributed by atoms with van der Waals surface area (Å²) in [5.74, 6) is 2.07. The Bertz CT molecular complexity index is 1080. The van der Waals surface area contributed by atoms with Crippen molar-refractivity contribution in [1.29, 1.82) is 0 Å². The predicted molar refractivity (Wildman–Crippen MR) is 103 cm³/mol. The van der Waals surface area contributed by atoms with Crippen molar-refractivity contribution in [3.05, 3.63) is 54.9 Å². The number of aromatic nitrogens is 6. The van der Waals surface area contributed by atoms with Crippen LogP contribution in [0.1, 0.15) is 12.8 Å². The molecular formula is C19H20N8O. The fourth-order valence-electron chi connectivity index (χ4n) is 3.65. The Morgan fingerprint density at radius 1 is 1.11 bits per heavy atom. The molecule has 0 N–H and O–H groups in total. The molecule has 0 saturated carbocycles. The smallest absolute Gasteiger partial charge is 0.247 e. The maximum absolute atomic E-state index is 5.85. The van der Waals surface area contributed by atoms with Crippen molar-refractivity contribution in [1.82, 2.24) is 34.7 Å². The van der Waals surface area contributed by atoms with E-state index < -0.39 is 0 Å². The Kier molecular flexibility index (Phi) is 4.21. The summed E-state index contributed by atoms with van der Waals surface area (Å²) in [5.41, 5.74) is 1.72. The average Bonchev–Trinajstić information content (AvgIpc) is 3.38. The van der Waals surface area contributed by atoms with Crippen LogP contribution < -0.4 is 4.90 Å². The zero-order chi connectivity index (χ0) is 18.9. The van der Waals surface area contributed by atoms with E-state index in [4.69, 9.17) is 4.42 Å². The molecule has 9 heteroatoms. The van der Waals surface area contributed by atoms with Gasteiger partial charge in [0.2, 0.25) is 17.4 Å². The summed E-state index contributed by atoms with van der Waals surface area (Å²) in [6.45, 7) is 5.43. The minimum atomic E-state index is 0.278. The van der Waals surface area contributed by atoms with E-state index in [1.54, 1.807) is 12.5 Å². The van der Waals surface area contributed by atoms with E-state index in [0.717, 1.165) is 36.7 Å². The van der Waals surface area contributed by atoms with E-state index in [1.807, 2.05) is 40.9 Å². The largest absolute Gasteiger partial charge is 0.419 e. The summed E-state index contributed by atoms with van der Waals surface area (Å²) >= 11 is 0. The molecule has 1 aliphatic rings. The van der Waals surface area contributed by atoms with Crippen LogP contribution in [0.5, 0.6) is 0 Å². The fraction of sp³-hybridized carbons (Fsp3) is 0.316. The summed E-state index contributed by atoms with van der Waals surface area (Å²) in [6, 6.07) is 10.1. The molecule has 4 heterocycles. The zero-order valence-corrected chi connectivity index (χ0v) is 15.5. The van der Waals surface area contributed by atoms with Gasteiger partial charge in [0.1, 0.15) is 6.33 Å². The molecule has 0 radical (unpaired) electrons. The Morgan fingerprint density at radius 3 is 2.86 bits per heavy atom. The highest BCUT2D eigenvalue weighted by atomic mass is 16.4. The third kappa shape index (κ3) is 3.09. The lowest BCUT2D eigenvalue weighted by Crippen LogP contribution is -2.52. The normalized spacial score (nSPS) is 18.0. The molecule has 28 heavy (non-hydrogen) atoms. The number of fused-ring (bicyclic) bond motifs is 1. The first-order valence-corrected chi connectivity index (χ1v) is 9.29. The Morgan fingerprint density at radius 2 is 2.00 bits per heavy atom. The van der Waals surface area contributed by atoms with Gasteiger partial charge in [0, 0.05) is 43.6 Å². The summed E-state index contributed by atoms with van der Waals surface area (Å²) < 4.78 is 7.75. The van der Waals surface area contributed by atoms with Gasteiger partial charge in [-0.25, -0.2) is 4.98 Å². The standard InChI is InChI=1S/C19H20N8O/c1-14-11-25(12-16-22-24-19(28-16)15-5-3-2-4-6-15)9-10-27(14)17-18-23-21-13-26(18)8-7-20-17/h2-8,13-14H,9-12H2,1H3/t14-/m1/s1. The number of hydrogen-bond acceptors (Lipinski definition) is 8. The van der Waals surface area contributed by atoms with Gasteiger partial charge in [0.05, 0.1) is 6.54 Å². The molecule has 5 rings (SSSR count). The molecule has 0 amide bonds. The summed E-state index contributed by atoms with van der Waals surface area (Å²) in [4.78, 5) is 9.15. The summed E-state index contributed by atoms with van der Waals surface area (Å²) in [5, 5.41) is 16.6. The molecule has 1 atom stereocenters. The second-order valence-corrected chi connectivity index (χ2v) is 6.96. The van der Waals surface area contributed by atoms with Crippen LogP contribution in [0.3, 0.4) is 0 Å². The van der Waals surface area contributed by atoms with Crippen LogP contribution in [0.15, 0.2) is 53.5 Å². The highest BCUT2D eigenvalue weighted by Gasteiger charge is 2.27. The molecule has 0 spiro atoms. The third-order valence-electron chi connectivity index (χ3n) is 5.03. The molecule has 1 fully saturated rings. The Hall–Kier alpha value is -3.33. The zero-order valence-electron chi connectivity index (χ0n) is 15.5. The fourth-order valence-corrected chi connectivity index (χ4v) is 3.65. The molecule has 0 aliphatic carbocycles. The molecule has 1 saturated heterocycles. The quantitative estimate of drug-likeness (QED) is 0.533. The van der Waals surface area contributed by atoms with Crippen LogP contribution in [-0.2, 0) is 6.54 Å². The Balaban J connectivity index is 1.28. The SMILES string of the molecule is C[C@@H]1CN(Cc2nnc(-c3ccccc3)o2)CCN1c1nccn2cnnc12. The van der Waals surface area contributed by atoms with E-state index in [-0.39, 0.29) is 6.04 Å². The van der Waals surface area contributed by atoms with Gasteiger partial charge >= 0.3 is 0 Å². The van der Waals surface area contributed by atoms with Crippen LogP contribution in [-0.4, -0.2) is 60.4 Å². The van der Waals surface area contributed by atoms with Gasteiger partial charge in [0.25, 0.3) is 0 Å². The lowest BCUT2D eigenvalue weighted by molar-refractivity contribution is 0.202. The minimum absolute atomic E-state index is 0.278. The summed E-state index contributed by atoms with van der Waals surface area (Å²) in [6.07, 6.45) is 5.34. The van der Waals surface area contributed by atoms with E-state index >= 15 is 0 Å². The predicted octanol–water partition coefficient (Wildman–Crippen LogP) is 1.88. The van der Waals surface area contributed by atoms with Crippen LogP contribution >= 0.6 is 0 Å². The first-order chi connectivity index (χ1) is 13.8. The lowest BCUT2D eigenvalue weighted by atomic mass is 10.2. The van der Waals surface area contributed by atoms with Crippen molar-refractivity contribution in [2.45, 2.75) is 19.5 Å². The maximum atomic E-state index is 5.85. The van der Waals surface area contributed by atoms with Gasteiger partial charge < -0.3 is 9.32 Å². The minimum Gasteiger partial charge on any atom is -0.419 e. The van der Waals surface area contributed by atoms with Crippen LogP contribution in [0.4, 0.5) is 5.82 Å². The van der Waals surface area contributed by atoms with Gasteiger partial charge in [0.15, 0.2) is 5.82 Å². The van der Waals surface area contributed by atoms with E-state index in [0.29, 0.717) is 18.3 Å². The second-order valence-electron chi connectivity index (χ2n) is 6.96. The molecule has 1 aliphatic heterocycles. The van der Waals surface area contributed by atoms with Gasteiger partial charge in [-0.15, -0.1) is 20.4 Å². The number of rotatable bonds is 4. The molecule has 142 valence electrons. The van der Waals surface area contributed by atoms with Crippen molar-refractivity contribution in [3.63, 3.8) is 0 Å². The first-order valence-electron chi connectivity index (χ1n) is 9.29. The van der Waals surface area contributed by atoms with Gasteiger partial charge in [-0.1, -0.05) is 18.2 Å². The van der Waals surface area contributed by atoms with Crippen molar-refractivity contribution in [3.8, 4) is 11.5 Å². The third-order valence-corrected chi connectivity index (χ3v) is 5.03. The maximum Gasteiger partial charge on any atom is 0.247 e. The number of benzene rings is 1. The van der Waals surface area contributed by atoms with Gasteiger partial charge in [-0.3, -0.25) is 9.30 Å².